The lowest BCUT2D eigenvalue weighted by molar-refractivity contribution is -0.126. The minimum absolute atomic E-state index is 0.00444. The number of hydrogen-bond acceptors (Lipinski definition) is 6. The number of allylic oxidation sites excluding steroid dienone is 2. The van der Waals surface area contributed by atoms with E-state index in [9.17, 15) is 9.18 Å². The summed E-state index contributed by atoms with van der Waals surface area (Å²) in [6.45, 7) is 2.48. The van der Waals surface area contributed by atoms with E-state index in [-0.39, 0.29) is 29.9 Å². The van der Waals surface area contributed by atoms with Crippen LogP contribution in [0.2, 0.25) is 0 Å². The van der Waals surface area contributed by atoms with Crippen LogP contribution in [-0.4, -0.2) is 34.6 Å². The van der Waals surface area contributed by atoms with Crippen LogP contribution in [0.25, 0.3) is 5.57 Å². The summed E-state index contributed by atoms with van der Waals surface area (Å²) in [5.74, 6) is -0.219. The maximum Gasteiger partial charge on any atom is 0.225 e. The summed E-state index contributed by atoms with van der Waals surface area (Å²) in [4.78, 5) is 21.0. The summed E-state index contributed by atoms with van der Waals surface area (Å²) in [6.07, 6.45) is 9.95. The number of halogens is 2. The van der Waals surface area contributed by atoms with Crippen LogP contribution in [0.15, 0.2) is 35.3 Å². The Bertz CT molecular complexity index is 899. The van der Waals surface area contributed by atoms with Gasteiger partial charge in [-0.25, -0.2) is 14.4 Å². The molecule has 1 aliphatic carbocycles. The highest BCUT2D eigenvalue weighted by molar-refractivity contribution is 6.31. The van der Waals surface area contributed by atoms with Gasteiger partial charge < -0.3 is 21.3 Å². The molecule has 3 atom stereocenters. The molecule has 4 N–H and O–H groups in total. The van der Waals surface area contributed by atoms with Crippen molar-refractivity contribution in [1.82, 2.24) is 25.9 Å². The van der Waals surface area contributed by atoms with Crippen molar-refractivity contribution in [1.29, 1.82) is 0 Å². The van der Waals surface area contributed by atoms with Crippen LogP contribution < -0.4 is 21.3 Å². The van der Waals surface area contributed by atoms with Crippen LogP contribution in [0.3, 0.4) is 0 Å². The molecule has 1 unspecified atom stereocenters. The molecule has 2 aliphatic heterocycles. The first-order valence-electron chi connectivity index (χ1n) is 9.94. The number of rotatable bonds is 5. The molecule has 3 aliphatic rings. The van der Waals surface area contributed by atoms with E-state index in [0.717, 1.165) is 43.0 Å². The standard InChI is InChI=1S/C20H24ClFN6O/c1-2-23-20(29)12-5-3-4-6-16(12)27-19-15(22)10-26-18(28-19)14-9-25-17-13(14)7-11(21)8-24-17/h7-10,12,16-17,24-25H,2-6H2,1H3,(H,23,29)(H,26,27,28)/t12-,16-,17?/m0/s1. The molecule has 9 heteroatoms. The van der Waals surface area contributed by atoms with Crippen LogP contribution >= 0.6 is 11.6 Å². The molecule has 29 heavy (non-hydrogen) atoms. The molecule has 0 spiro atoms. The van der Waals surface area contributed by atoms with Crippen molar-refractivity contribution < 1.29 is 9.18 Å². The molecular formula is C20H24ClFN6O. The fraction of sp³-hybridized carbons (Fsp3) is 0.450. The molecule has 154 valence electrons. The molecule has 0 saturated heterocycles. The molecule has 4 rings (SSSR count). The molecule has 0 bridgehead atoms. The Hall–Kier alpha value is -2.61. The Morgan fingerprint density at radius 1 is 1.31 bits per heavy atom. The number of anilines is 1. The summed E-state index contributed by atoms with van der Waals surface area (Å²) in [5, 5.41) is 13.0. The predicted molar refractivity (Wildman–Crippen MR) is 110 cm³/mol. The van der Waals surface area contributed by atoms with Crippen LogP contribution in [0, 0.1) is 11.7 Å². The largest absolute Gasteiger partial charge is 0.367 e. The van der Waals surface area contributed by atoms with Crippen LogP contribution in [-0.2, 0) is 4.79 Å². The molecule has 1 amide bonds. The first-order chi connectivity index (χ1) is 14.1. The minimum atomic E-state index is -0.536. The van der Waals surface area contributed by atoms with Gasteiger partial charge in [0, 0.05) is 36.1 Å². The van der Waals surface area contributed by atoms with Gasteiger partial charge in [0.2, 0.25) is 5.91 Å². The third-order valence-electron chi connectivity index (χ3n) is 5.46. The molecular weight excluding hydrogens is 395 g/mol. The van der Waals surface area contributed by atoms with Crippen molar-refractivity contribution in [2.75, 3.05) is 11.9 Å². The van der Waals surface area contributed by atoms with Crippen molar-refractivity contribution >= 4 is 28.9 Å². The van der Waals surface area contributed by atoms with Gasteiger partial charge in [-0.15, -0.1) is 0 Å². The van der Waals surface area contributed by atoms with E-state index in [1.54, 1.807) is 12.4 Å². The Morgan fingerprint density at radius 2 is 2.10 bits per heavy atom. The van der Waals surface area contributed by atoms with Crippen LogP contribution in [0.5, 0.6) is 0 Å². The first-order valence-corrected chi connectivity index (χ1v) is 10.3. The van der Waals surface area contributed by atoms with Crippen molar-refractivity contribution in [3.8, 4) is 0 Å². The van der Waals surface area contributed by atoms with Gasteiger partial charge in [0.25, 0.3) is 0 Å². The summed E-state index contributed by atoms with van der Waals surface area (Å²) >= 11 is 6.11. The Kier molecular flexibility index (Phi) is 5.71. The number of carbonyl (C=O) groups is 1. The smallest absolute Gasteiger partial charge is 0.225 e. The second-order valence-electron chi connectivity index (χ2n) is 7.38. The highest BCUT2D eigenvalue weighted by Crippen LogP contribution is 2.32. The number of hydrogen-bond donors (Lipinski definition) is 4. The lowest BCUT2D eigenvalue weighted by Gasteiger charge is -2.31. The molecule has 7 nitrogen and oxygen atoms in total. The maximum atomic E-state index is 14.5. The molecule has 1 saturated carbocycles. The summed E-state index contributed by atoms with van der Waals surface area (Å²) in [5.41, 5.74) is 1.65. The lowest BCUT2D eigenvalue weighted by Crippen LogP contribution is -2.43. The van der Waals surface area contributed by atoms with Gasteiger partial charge in [-0.2, -0.15) is 0 Å². The third kappa shape index (κ3) is 4.07. The van der Waals surface area contributed by atoms with Gasteiger partial charge in [-0.3, -0.25) is 4.79 Å². The quantitative estimate of drug-likeness (QED) is 0.587. The van der Waals surface area contributed by atoms with E-state index in [1.807, 2.05) is 13.0 Å². The fourth-order valence-corrected chi connectivity index (χ4v) is 4.22. The second-order valence-corrected chi connectivity index (χ2v) is 7.82. The zero-order valence-electron chi connectivity index (χ0n) is 16.1. The maximum absolute atomic E-state index is 14.5. The van der Waals surface area contributed by atoms with Gasteiger partial charge >= 0.3 is 0 Å². The fourth-order valence-electron chi connectivity index (χ4n) is 4.04. The van der Waals surface area contributed by atoms with E-state index in [0.29, 0.717) is 17.4 Å². The SMILES string of the molecule is CCNC(=O)[C@H]1CCCC[C@@H]1Nc1nc(C2=CNC3NC=C(Cl)C=C23)ncc1F. The predicted octanol–water partition coefficient (Wildman–Crippen LogP) is 2.60. The monoisotopic (exact) mass is 418 g/mol. The molecule has 0 aromatic carbocycles. The van der Waals surface area contributed by atoms with E-state index < -0.39 is 5.82 Å². The third-order valence-corrected chi connectivity index (χ3v) is 5.68. The topological polar surface area (TPSA) is 91.0 Å². The average molecular weight is 419 g/mol. The number of nitrogens with one attached hydrogen (secondary N) is 4. The summed E-state index contributed by atoms with van der Waals surface area (Å²) in [7, 11) is 0. The van der Waals surface area contributed by atoms with E-state index in [1.165, 1.54) is 0 Å². The highest BCUT2D eigenvalue weighted by Gasteiger charge is 2.32. The first kappa shape index (κ1) is 19.7. The number of aromatic nitrogens is 2. The Morgan fingerprint density at radius 3 is 2.93 bits per heavy atom. The average Bonchev–Trinajstić information content (AvgIpc) is 3.13. The zero-order valence-corrected chi connectivity index (χ0v) is 16.9. The Labute approximate surface area is 173 Å². The molecule has 1 fully saturated rings. The van der Waals surface area contributed by atoms with Gasteiger partial charge in [-0.1, -0.05) is 24.4 Å². The molecule has 0 radical (unpaired) electrons. The van der Waals surface area contributed by atoms with Crippen molar-refractivity contribution in [2.24, 2.45) is 5.92 Å². The summed E-state index contributed by atoms with van der Waals surface area (Å²) in [6, 6.07) is -0.163. The van der Waals surface area contributed by atoms with Crippen molar-refractivity contribution in [3.05, 3.63) is 46.9 Å². The number of carbonyl (C=O) groups excluding carboxylic acids is 1. The second kappa shape index (κ2) is 8.41. The number of nitrogens with zero attached hydrogens (tertiary/aromatic N) is 2. The number of amides is 1. The number of dihydropyridines is 1. The lowest BCUT2D eigenvalue weighted by atomic mass is 9.83. The molecule has 1 aromatic heterocycles. The normalized spacial score (nSPS) is 25.6. The van der Waals surface area contributed by atoms with Crippen LogP contribution in [0.4, 0.5) is 10.2 Å². The zero-order chi connectivity index (χ0) is 20.4. The molecule has 1 aromatic rings. The molecule has 3 heterocycles. The minimum Gasteiger partial charge on any atom is -0.367 e. The van der Waals surface area contributed by atoms with Crippen LogP contribution in [0.1, 0.15) is 38.4 Å². The highest BCUT2D eigenvalue weighted by atomic mass is 35.5. The summed E-state index contributed by atoms with van der Waals surface area (Å²) < 4.78 is 14.5. The Balaban J connectivity index is 1.57. The van der Waals surface area contributed by atoms with Crippen molar-refractivity contribution in [2.45, 2.75) is 44.8 Å². The van der Waals surface area contributed by atoms with Gasteiger partial charge in [0.05, 0.1) is 17.1 Å². The van der Waals surface area contributed by atoms with Gasteiger partial charge in [0.15, 0.2) is 17.5 Å². The van der Waals surface area contributed by atoms with Gasteiger partial charge in [-0.05, 0) is 25.8 Å². The van der Waals surface area contributed by atoms with Crippen molar-refractivity contribution in [3.63, 3.8) is 0 Å². The van der Waals surface area contributed by atoms with E-state index >= 15 is 0 Å². The van der Waals surface area contributed by atoms with E-state index in [4.69, 9.17) is 11.6 Å². The van der Waals surface area contributed by atoms with Gasteiger partial charge in [0.1, 0.15) is 6.17 Å². The van der Waals surface area contributed by atoms with E-state index in [2.05, 4.69) is 31.2 Å². The number of fused-ring (bicyclic) bond motifs is 1.